The SMILES string of the molecule is Cc1ccc2oc(-c3ccc(N=Cc4cc5c(cc4[N+](=O)[O-])OCO5)cc3O)nc2c1. The van der Waals surface area contributed by atoms with Crippen molar-refractivity contribution >= 4 is 28.7 Å². The maximum Gasteiger partial charge on any atom is 0.282 e. The maximum absolute atomic E-state index is 11.4. The summed E-state index contributed by atoms with van der Waals surface area (Å²) in [5.41, 5.74) is 3.30. The van der Waals surface area contributed by atoms with Gasteiger partial charge in [-0.05, 0) is 42.8 Å². The number of aryl methyl sites for hydroxylation is 1. The van der Waals surface area contributed by atoms with Gasteiger partial charge < -0.3 is 19.0 Å². The van der Waals surface area contributed by atoms with E-state index in [1.54, 1.807) is 12.1 Å². The fourth-order valence-electron chi connectivity index (χ4n) is 3.29. The van der Waals surface area contributed by atoms with E-state index < -0.39 is 4.92 Å². The van der Waals surface area contributed by atoms with Gasteiger partial charge in [0.25, 0.3) is 5.69 Å². The molecule has 0 amide bonds. The number of aromatic hydroxyl groups is 1. The molecule has 4 aromatic rings. The van der Waals surface area contributed by atoms with Crippen molar-refractivity contribution in [3.63, 3.8) is 0 Å². The third-order valence-corrected chi connectivity index (χ3v) is 4.83. The Morgan fingerprint density at radius 2 is 1.94 bits per heavy atom. The van der Waals surface area contributed by atoms with Crippen LogP contribution in [0.3, 0.4) is 0 Å². The monoisotopic (exact) mass is 417 g/mol. The first-order valence-electron chi connectivity index (χ1n) is 9.30. The summed E-state index contributed by atoms with van der Waals surface area (Å²) in [6.07, 6.45) is 1.34. The van der Waals surface area contributed by atoms with Crippen molar-refractivity contribution < 1.29 is 23.9 Å². The highest BCUT2D eigenvalue weighted by molar-refractivity contribution is 5.89. The molecule has 31 heavy (non-hydrogen) atoms. The molecule has 1 N–H and O–H groups in total. The van der Waals surface area contributed by atoms with E-state index >= 15 is 0 Å². The van der Waals surface area contributed by atoms with E-state index in [-0.39, 0.29) is 23.8 Å². The van der Waals surface area contributed by atoms with Gasteiger partial charge in [0, 0.05) is 12.3 Å². The number of hydrogen-bond donors (Lipinski definition) is 1. The van der Waals surface area contributed by atoms with Gasteiger partial charge in [0.05, 0.1) is 27.8 Å². The van der Waals surface area contributed by atoms with E-state index in [2.05, 4.69) is 9.98 Å². The summed E-state index contributed by atoms with van der Waals surface area (Å²) in [7, 11) is 0. The molecule has 1 aromatic heterocycles. The lowest BCUT2D eigenvalue weighted by molar-refractivity contribution is -0.385. The van der Waals surface area contributed by atoms with Crippen molar-refractivity contribution in [1.82, 2.24) is 4.98 Å². The second kappa shape index (κ2) is 7.13. The van der Waals surface area contributed by atoms with Crippen molar-refractivity contribution in [2.24, 2.45) is 4.99 Å². The van der Waals surface area contributed by atoms with Gasteiger partial charge in [-0.3, -0.25) is 15.1 Å². The zero-order valence-corrected chi connectivity index (χ0v) is 16.2. The van der Waals surface area contributed by atoms with Crippen molar-refractivity contribution in [1.29, 1.82) is 0 Å². The van der Waals surface area contributed by atoms with Gasteiger partial charge in [0.1, 0.15) is 11.3 Å². The molecule has 1 aliphatic rings. The molecule has 0 atom stereocenters. The molecule has 154 valence electrons. The van der Waals surface area contributed by atoms with E-state index in [0.29, 0.717) is 39.7 Å². The minimum Gasteiger partial charge on any atom is -0.507 e. The van der Waals surface area contributed by atoms with Gasteiger partial charge in [0.15, 0.2) is 17.1 Å². The second-order valence-corrected chi connectivity index (χ2v) is 6.97. The molecule has 9 nitrogen and oxygen atoms in total. The average molecular weight is 417 g/mol. The Kier molecular flexibility index (Phi) is 4.28. The van der Waals surface area contributed by atoms with Crippen molar-refractivity contribution in [2.45, 2.75) is 6.92 Å². The maximum atomic E-state index is 11.4. The molecule has 0 saturated carbocycles. The van der Waals surface area contributed by atoms with Crippen LogP contribution in [0.4, 0.5) is 11.4 Å². The number of nitrogens with zero attached hydrogens (tertiary/aromatic N) is 3. The molecule has 0 bridgehead atoms. The molecule has 9 heteroatoms. The van der Waals surface area contributed by atoms with E-state index in [4.69, 9.17) is 13.9 Å². The molecule has 0 unspecified atom stereocenters. The zero-order chi connectivity index (χ0) is 21.5. The Morgan fingerprint density at radius 3 is 2.71 bits per heavy atom. The van der Waals surface area contributed by atoms with E-state index in [1.165, 1.54) is 24.4 Å². The van der Waals surface area contributed by atoms with E-state index in [0.717, 1.165) is 5.56 Å². The van der Waals surface area contributed by atoms with Crippen LogP contribution in [0.25, 0.3) is 22.6 Å². The molecule has 0 aliphatic carbocycles. The second-order valence-electron chi connectivity index (χ2n) is 6.97. The minimum atomic E-state index is -0.515. The smallest absolute Gasteiger partial charge is 0.282 e. The summed E-state index contributed by atoms with van der Waals surface area (Å²) in [6.45, 7) is 1.97. The number of benzene rings is 3. The molecular formula is C22H15N3O6. The van der Waals surface area contributed by atoms with Gasteiger partial charge in [0.2, 0.25) is 12.7 Å². The van der Waals surface area contributed by atoms with Crippen LogP contribution in [0.5, 0.6) is 17.2 Å². The zero-order valence-electron chi connectivity index (χ0n) is 16.2. The standard InChI is InChI=1S/C22H15N3O6/c1-12-2-5-19-16(6-12)24-22(31-19)15-4-3-14(8-18(15)26)23-10-13-7-20-21(30-11-29-20)9-17(13)25(27)28/h2-10,26H,11H2,1H3. The van der Waals surface area contributed by atoms with E-state index in [1.807, 2.05) is 25.1 Å². The number of fused-ring (bicyclic) bond motifs is 2. The highest BCUT2D eigenvalue weighted by atomic mass is 16.7. The number of phenolic OH excluding ortho intramolecular Hbond substituents is 1. The van der Waals surface area contributed by atoms with Crippen LogP contribution >= 0.6 is 0 Å². The Hall–Kier alpha value is -4.40. The minimum absolute atomic E-state index is 0.0117. The van der Waals surface area contributed by atoms with Crippen molar-refractivity contribution in [3.8, 4) is 28.7 Å². The molecule has 0 fully saturated rings. The van der Waals surface area contributed by atoms with Gasteiger partial charge in [-0.25, -0.2) is 4.98 Å². The summed E-state index contributed by atoms with van der Waals surface area (Å²) in [4.78, 5) is 19.5. The molecule has 1 aliphatic heterocycles. The third-order valence-electron chi connectivity index (χ3n) is 4.83. The van der Waals surface area contributed by atoms with Crippen LogP contribution in [0, 0.1) is 17.0 Å². The molecule has 2 heterocycles. The average Bonchev–Trinajstić information content (AvgIpc) is 3.37. The first-order chi connectivity index (χ1) is 15.0. The predicted molar refractivity (Wildman–Crippen MR) is 112 cm³/mol. The Balaban J connectivity index is 1.46. The number of rotatable bonds is 4. The first kappa shape index (κ1) is 18.6. The lowest BCUT2D eigenvalue weighted by atomic mass is 10.1. The fraction of sp³-hybridized carbons (Fsp3) is 0.0909. The Morgan fingerprint density at radius 1 is 1.13 bits per heavy atom. The number of nitro groups is 1. The summed E-state index contributed by atoms with van der Waals surface area (Å²) in [5.74, 6) is 0.953. The number of hydrogen-bond acceptors (Lipinski definition) is 8. The highest BCUT2D eigenvalue weighted by Crippen LogP contribution is 2.38. The quantitative estimate of drug-likeness (QED) is 0.285. The number of ether oxygens (including phenoxy) is 2. The number of oxazole rings is 1. The van der Waals surface area contributed by atoms with Crippen LogP contribution < -0.4 is 9.47 Å². The van der Waals surface area contributed by atoms with Crippen LogP contribution in [-0.2, 0) is 0 Å². The lowest BCUT2D eigenvalue weighted by Gasteiger charge is -2.02. The van der Waals surface area contributed by atoms with Gasteiger partial charge in [-0.15, -0.1) is 0 Å². The Labute approximate surface area is 175 Å². The Bertz CT molecular complexity index is 1380. The van der Waals surface area contributed by atoms with Gasteiger partial charge >= 0.3 is 0 Å². The molecule has 0 saturated heterocycles. The van der Waals surface area contributed by atoms with Crippen LogP contribution in [0.1, 0.15) is 11.1 Å². The number of aliphatic imine (C=N–C) groups is 1. The highest BCUT2D eigenvalue weighted by Gasteiger charge is 2.22. The van der Waals surface area contributed by atoms with Crippen molar-refractivity contribution in [2.75, 3.05) is 6.79 Å². The fourth-order valence-corrected chi connectivity index (χ4v) is 3.29. The number of aromatic nitrogens is 1. The predicted octanol–water partition coefficient (Wildman–Crippen LogP) is 4.90. The molecule has 3 aromatic carbocycles. The molecule has 0 spiro atoms. The molecule has 0 radical (unpaired) electrons. The topological polar surface area (TPSA) is 120 Å². The van der Waals surface area contributed by atoms with Crippen LogP contribution in [0.2, 0.25) is 0 Å². The summed E-state index contributed by atoms with van der Waals surface area (Å²) < 4.78 is 16.2. The normalized spacial score (nSPS) is 12.7. The van der Waals surface area contributed by atoms with Crippen molar-refractivity contribution in [3.05, 3.63) is 69.8 Å². The van der Waals surface area contributed by atoms with Crippen LogP contribution in [0.15, 0.2) is 57.9 Å². The summed E-state index contributed by atoms with van der Waals surface area (Å²) in [5, 5.41) is 21.8. The molecular weight excluding hydrogens is 402 g/mol. The number of nitro benzene ring substituents is 1. The first-order valence-corrected chi connectivity index (χ1v) is 9.30. The molecule has 5 rings (SSSR count). The van der Waals surface area contributed by atoms with Crippen LogP contribution in [-0.4, -0.2) is 28.0 Å². The van der Waals surface area contributed by atoms with Gasteiger partial charge in [-0.2, -0.15) is 0 Å². The lowest BCUT2D eigenvalue weighted by Crippen LogP contribution is -1.94. The van der Waals surface area contributed by atoms with E-state index in [9.17, 15) is 15.2 Å². The third kappa shape index (κ3) is 3.42. The summed E-state index contributed by atoms with van der Waals surface area (Å²) >= 11 is 0. The number of phenols is 1. The largest absolute Gasteiger partial charge is 0.507 e. The van der Waals surface area contributed by atoms with Gasteiger partial charge in [-0.1, -0.05) is 6.07 Å². The summed E-state index contributed by atoms with van der Waals surface area (Å²) in [6, 6.07) is 13.2.